The van der Waals surface area contributed by atoms with Crippen LogP contribution in [0.1, 0.15) is 12.6 Å². The van der Waals surface area contributed by atoms with Crippen LogP contribution in [0.4, 0.5) is 0 Å². The first-order valence-electron chi connectivity index (χ1n) is 4.45. The van der Waals surface area contributed by atoms with Gasteiger partial charge < -0.3 is 9.84 Å². The topological polar surface area (TPSA) is 88.1 Å². The van der Waals surface area contributed by atoms with Gasteiger partial charge in [-0.05, 0) is 13.0 Å². The molecule has 6 heteroatoms. The van der Waals surface area contributed by atoms with Crippen molar-refractivity contribution < 1.29 is 14.6 Å². The van der Waals surface area contributed by atoms with Crippen LogP contribution in [-0.2, 0) is 16.1 Å². The Bertz CT molecular complexity index is 380. The molecule has 0 aliphatic carbocycles. The van der Waals surface area contributed by atoms with Gasteiger partial charge in [0.2, 0.25) is 0 Å². The summed E-state index contributed by atoms with van der Waals surface area (Å²) < 4.78 is 5.93. The molecule has 0 saturated carbocycles. The summed E-state index contributed by atoms with van der Waals surface area (Å²) >= 11 is 0. The van der Waals surface area contributed by atoms with Gasteiger partial charge in [0.1, 0.15) is 6.07 Å². The van der Waals surface area contributed by atoms with Crippen molar-refractivity contribution in [1.29, 1.82) is 5.26 Å². The molecule has 1 rings (SSSR count). The van der Waals surface area contributed by atoms with Crippen molar-refractivity contribution in [3.05, 3.63) is 18.0 Å². The van der Waals surface area contributed by atoms with Crippen LogP contribution in [0.5, 0.6) is 0 Å². The van der Waals surface area contributed by atoms with Crippen LogP contribution in [0.15, 0.2) is 12.3 Å². The van der Waals surface area contributed by atoms with Crippen molar-refractivity contribution in [1.82, 2.24) is 9.78 Å². The van der Waals surface area contributed by atoms with Crippen LogP contribution < -0.4 is 0 Å². The van der Waals surface area contributed by atoms with E-state index in [0.717, 1.165) is 0 Å². The predicted molar refractivity (Wildman–Crippen MR) is 49.6 cm³/mol. The second kappa shape index (κ2) is 5.12. The molecule has 0 spiro atoms. The molecule has 0 saturated heterocycles. The Morgan fingerprint density at radius 1 is 1.87 bits per heavy atom. The summed E-state index contributed by atoms with van der Waals surface area (Å²) in [6.07, 6.45) is 0.262. The molecule has 0 radical (unpaired) electrons. The smallest absolute Gasteiger partial charge is 0.336 e. The van der Waals surface area contributed by atoms with E-state index in [9.17, 15) is 9.90 Å². The molecule has 0 fully saturated rings. The fraction of sp³-hybridized carbons (Fsp3) is 0.444. The summed E-state index contributed by atoms with van der Waals surface area (Å²) in [7, 11) is 0. The molecule has 1 atom stereocenters. The van der Waals surface area contributed by atoms with Gasteiger partial charge in [0.05, 0.1) is 13.2 Å². The lowest BCUT2D eigenvalue weighted by Gasteiger charge is -2.08. The minimum Gasteiger partial charge on any atom is -0.464 e. The van der Waals surface area contributed by atoms with Crippen LogP contribution in [-0.4, -0.2) is 33.6 Å². The van der Waals surface area contributed by atoms with E-state index in [-0.39, 0.29) is 18.8 Å². The fourth-order valence-corrected chi connectivity index (χ4v) is 1.01. The van der Waals surface area contributed by atoms with E-state index in [1.54, 1.807) is 6.92 Å². The molecular formula is C9H11N3O3. The zero-order chi connectivity index (χ0) is 11.3. The first-order valence-corrected chi connectivity index (χ1v) is 4.45. The van der Waals surface area contributed by atoms with Gasteiger partial charge in [-0.15, -0.1) is 0 Å². The van der Waals surface area contributed by atoms with Gasteiger partial charge in [-0.25, -0.2) is 4.79 Å². The van der Waals surface area contributed by atoms with Gasteiger partial charge in [0.15, 0.2) is 11.8 Å². The standard InChI is InChI=1S/C9H11N3O3/c1-2-15-9(14)8(13)6-12-4-3-7(5-10)11-12/h3-4,8,13H,2,6H2,1H3. The van der Waals surface area contributed by atoms with Crippen molar-refractivity contribution in [2.75, 3.05) is 6.61 Å². The molecule has 0 aliphatic heterocycles. The highest BCUT2D eigenvalue weighted by atomic mass is 16.5. The Kier molecular flexibility index (Phi) is 3.83. The van der Waals surface area contributed by atoms with Gasteiger partial charge in [-0.3, -0.25) is 4.68 Å². The second-order valence-electron chi connectivity index (χ2n) is 2.80. The summed E-state index contributed by atoms with van der Waals surface area (Å²) in [5.41, 5.74) is 0.242. The summed E-state index contributed by atoms with van der Waals surface area (Å²) in [6.45, 7) is 1.87. The highest BCUT2D eigenvalue weighted by Crippen LogP contribution is 1.97. The van der Waals surface area contributed by atoms with Crippen molar-refractivity contribution in [2.45, 2.75) is 19.6 Å². The third-order valence-corrected chi connectivity index (χ3v) is 1.67. The number of aliphatic hydroxyl groups excluding tert-OH is 1. The third-order valence-electron chi connectivity index (χ3n) is 1.67. The molecule has 6 nitrogen and oxygen atoms in total. The third kappa shape index (κ3) is 3.07. The summed E-state index contributed by atoms with van der Waals surface area (Å²) in [5.74, 6) is -0.688. The van der Waals surface area contributed by atoms with Crippen molar-refractivity contribution in [2.24, 2.45) is 0 Å². The first-order chi connectivity index (χ1) is 7.17. The van der Waals surface area contributed by atoms with Gasteiger partial charge in [0, 0.05) is 6.20 Å². The molecule has 1 heterocycles. The molecular weight excluding hydrogens is 198 g/mol. The number of esters is 1. The molecule has 0 aromatic carbocycles. The lowest BCUT2D eigenvalue weighted by Crippen LogP contribution is -2.28. The molecule has 0 aliphatic rings. The minimum atomic E-state index is -1.25. The second-order valence-corrected chi connectivity index (χ2v) is 2.80. The molecule has 1 aromatic rings. The lowest BCUT2D eigenvalue weighted by atomic mass is 10.3. The highest BCUT2D eigenvalue weighted by Gasteiger charge is 2.16. The Labute approximate surface area is 86.7 Å². The number of rotatable bonds is 4. The monoisotopic (exact) mass is 209 g/mol. The zero-order valence-corrected chi connectivity index (χ0v) is 8.25. The molecule has 1 aromatic heterocycles. The summed E-state index contributed by atoms with van der Waals surface area (Å²) in [6, 6.07) is 3.34. The van der Waals surface area contributed by atoms with Crippen LogP contribution in [0.25, 0.3) is 0 Å². The minimum absolute atomic E-state index is 0.0134. The molecule has 0 amide bonds. The summed E-state index contributed by atoms with van der Waals surface area (Å²) in [5, 5.41) is 21.7. The Hall–Kier alpha value is -1.87. The van der Waals surface area contributed by atoms with Gasteiger partial charge in [-0.2, -0.15) is 10.4 Å². The molecule has 0 bridgehead atoms. The average molecular weight is 209 g/mol. The number of hydrogen-bond donors (Lipinski definition) is 1. The zero-order valence-electron chi connectivity index (χ0n) is 8.25. The van der Waals surface area contributed by atoms with Crippen LogP contribution in [0.2, 0.25) is 0 Å². The highest BCUT2D eigenvalue weighted by molar-refractivity contribution is 5.74. The Morgan fingerprint density at radius 2 is 2.60 bits per heavy atom. The van der Waals surface area contributed by atoms with E-state index in [2.05, 4.69) is 9.84 Å². The van der Waals surface area contributed by atoms with Crippen molar-refractivity contribution >= 4 is 5.97 Å². The maximum absolute atomic E-state index is 11.0. The average Bonchev–Trinajstić information content (AvgIpc) is 2.66. The Morgan fingerprint density at radius 3 is 3.13 bits per heavy atom. The van der Waals surface area contributed by atoms with Gasteiger partial charge in [-0.1, -0.05) is 0 Å². The molecule has 80 valence electrons. The van der Waals surface area contributed by atoms with Gasteiger partial charge >= 0.3 is 5.97 Å². The van der Waals surface area contributed by atoms with Crippen molar-refractivity contribution in [3.8, 4) is 6.07 Å². The van der Waals surface area contributed by atoms with E-state index >= 15 is 0 Å². The van der Waals surface area contributed by atoms with E-state index in [1.165, 1.54) is 16.9 Å². The van der Waals surface area contributed by atoms with Crippen LogP contribution in [0, 0.1) is 11.3 Å². The normalized spacial score (nSPS) is 11.8. The van der Waals surface area contributed by atoms with E-state index in [0.29, 0.717) is 0 Å². The molecule has 1 unspecified atom stereocenters. The largest absolute Gasteiger partial charge is 0.464 e. The number of carbonyl (C=O) groups excluding carboxylic acids is 1. The summed E-state index contributed by atoms with van der Waals surface area (Å²) in [4.78, 5) is 11.0. The number of hydrogen-bond acceptors (Lipinski definition) is 5. The van der Waals surface area contributed by atoms with E-state index in [1.807, 2.05) is 6.07 Å². The number of ether oxygens (including phenoxy) is 1. The SMILES string of the molecule is CCOC(=O)C(O)Cn1ccc(C#N)n1. The quantitative estimate of drug-likeness (QED) is 0.686. The molecule has 1 N–H and O–H groups in total. The van der Waals surface area contributed by atoms with Crippen molar-refractivity contribution in [3.63, 3.8) is 0 Å². The van der Waals surface area contributed by atoms with E-state index < -0.39 is 12.1 Å². The predicted octanol–water partition coefficient (Wildman–Crippen LogP) is -0.321. The fourth-order valence-electron chi connectivity index (χ4n) is 1.01. The number of aliphatic hydroxyl groups is 1. The molecule has 15 heavy (non-hydrogen) atoms. The Balaban J connectivity index is 2.55. The maximum Gasteiger partial charge on any atom is 0.336 e. The lowest BCUT2D eigenvalue weighted by molar-refractivity contribution is -0.153. The first kappa shape index (κ1) is 11.2. The van der Waals surface area contributed by atoms with E-state index in [4.69, 9.17) is 5.26 Å². The number of nitriles is 1. The van der Waals surface area contributed by atoms with Gasteiger partial charge in [0.25, 0.3) is 0 Å². The van der Waals surface area contributed by atoms with Crippen LogP contribution in [0.3, 0.4) is 0 Å². The number of carbonyl (C=O) groups is 1. The van der Waals surface area contributed by atoms with Crippen LogP contribution >= 0.6 is 0 Å². The number of aromatic nitrogens is 2. The number of nitrogens with zero attached hydrogens (tertiary/aromatic N) is 3. The maximum atomic E-state index is 11.0.